The highest BCUT2D eigenvalue weighted by Gasteiger charge is 2.34. The second-order valence-electron chi connectivity index (χ2n) is 7.65. The van der Waals surface area contributed by atoms with Crippen LogP contribution in [0.15, 0.2) is 78.9 Å². The van der Waals surface area contributed by atoms with Crippen molar-refractivity contribution in [3.8, 4) is 0 Å². The van der Waals surface area contributed by atoms with Crippen LogP contribution in [0.4, 0.5) is 11.4 Å². The van der Waals surface area contributed by atoms with Crippen LogP contribution in [-0.2, 0) is 11.3 Å². The largest absolute Gasteiger partial charge is 0.308 e. The molecule has 166 valence electrons. The number of nitro groups is 1. The minimum Gasteiger partial charge on any atom is -0.308 e. The standard InChI is InChI=1S/C25H21N3O5/c29-23(14-7-15-26-24(30)21-12-4-5-13-22(21)25(26)31)27(17-18-8-2-1-3-9-18)19-10-6-11-20(16-19)28(32)33/h1-6,8-13,16H,7,14-15,17H2. The Morgan fingerprint density at radius 3 is 2.15 bits per heavy atom. The lowest BCUT2D eigenvalue weighted by Gasteiger charge is -2.23. The SMILES string of the molecule is O=C1c2ccccc2C(=O)N1CCCC(=O)N(Cc1ccccc1)c1cccc([N+](=O)[O-])c1. The van der Waals surface area contributed by atoms with Gasteiger partial charge >= 0.3 is 0 Å². The van der Waals surface area contributed by atoms with E-state index in [1.165, 1.54) is 23.1 Å². The second kappa shape index (κ2) is 9.44. The van der Waals surface area contributed by atoms with Crippen molar-refractivity contribution < 1.29 is 19.3 Å². The zero-order valence-electron chi connectivity index (χ0n) is 17.7. The second-order valence-corrected chi connectivity index (χ2v) is 7.65. The summed E-state index contributed by atoms with van der Waals surface area (Å²) in [5, 5.41) is 11.2. The molecule has 8 heteroatoms. The maximum Gasteiger partial charge on any atom is 0.271 e. The minimum atomic E-state index is -0.503. The molecule has 3 amide bonds. The van der Waals surface area contributed by atoms with Crippen LogP contribution >= 0.6 is 0 Å². The highest BCUT2D eigenvalue weighted by molar-refractivity contribution is 6.21. The number of imide groups is 1. The molecule has 33 heavy (non-hydrogen) atoms. The van der Waals surface area contributed by atoms with Gasteiger partial charge in [0.1, 0.15) is 0 Å². The molecule has 0 unspecified atom stereocenters. The van der Waals surface area contributed by atoms with Crippen LogP contribution in [0.3, 0.4) is 0 Å². The van der Waals surface area contributed by atoms with Gasteiger partial charge in [0, 0.05) is 25.1 Å². The summed E-state index contributed by atoms with van der Waals surface area (Å²) in [6.45, 7) is 0.361. The topological polar surface area (TPSA) is 101 Å². The van der Waals surface area contributed by atoms with Crippen molar-refractivity contribution in [2.24, 2.45) is 0 Å². The molecular formula is C25H21N3O5. The summed E-state index contributed by atoms with van der Waals surface area (Å²) in [5.41, 5.74) is 1.92. The van der Waals surface area contributed by atoms with Crippen LogP contribution in [-0.4, -0.2) is 34.1 Å². The Morgan fingerprint density at radius 2 is 1.52 bits per heavy atom. The maximum atomic E-state index is 13.2. The number of anilines is 1. The van der Waals surface area contributed by atoms with Gasteiger partial charge in [0.2, 0.25) is 5.91 Å². The molecule has 1 heterocycles. The summed E-state index contributed by atoms with van der Waals surface area (Å²) in [5.74, 6) is -0.971. The van der Waals surface area contributed by atoms with E-state index < -0.39 is 4.92 Å². The number of fused-ring (bicyclic) bond motifs is 1. The number of hydrogen-bond acceptors (Lipinski definition) is 5. The van der Waals surface area contributed by atoms with E-state index in [-0.39, 0.29) is 49.3 Å². The molecule has 4 rings (SSSR count). The summed E-state index contributed by atoms with van der Waals surface area (Å²) < 4.78 is 0. The number of carbonyl (C=O) groups excluding carboxylic acids is 3. The van der Waals surface area contributed by atoms with E-state index in [4.69, 9.17) is 0 Å². The first kappa shape index (κ1) is 21.9. The Morgan fingerprint density at radius 1 is 0.879 bits per heavy atom. The van der Waals surface area contributed by atoms with Gasteiger partial charge in [0.25, 0.3) is 17.5 Å². The Labute approximate surface area is 190 Å². The molecule has 1 aliphatic heterocycles. The lowest BCUT2D eigenvalue weighted by Crippen LogP contribution is -2.33. The van der Waals surface area contributed by atoms with Crippen LogP contribution in [0.1, 0.15) is 39.1 Å². The van der Waals surface area contributed by atoms with Gasteiger partial charge in [0.15, 0.2) is 0 Å². The fraction of sp³-hybridized carbons (Fsp3) is 0.160. The number of rotatable bonds is 8. The third-order valence-electron chi connectivity index (χ3n) is 5.49. The van der Waals surface area contributed by atoms with Gasteiger partial charge in [-0.05, 0) is 30.2 Å². The smallest absolute Gasteiger partial charge is 0.271 e. The van der Waals surface area contributed by atoms with Crippen LogP contribution in [0.2, 0.25) is 0 Å². The van der Waals surface area contributed by atoms with Crippen molar-refractivity contribution in [2.45, 2.75) is 19.4 Å². The Balaban J connectivity index is 1.48. The highest BCUT2D eigenvalue weighted by Crippen LogP contribution is 2.25. The predicted octanol–water partition coefficient (Wildman–Crippen LogP) is 4.20. The van der Waals surface area contributed by atoms with Crippen molar-refractivity contribution in [3.63, 3.8) is 0 Å². The lowest BCUT2D eigenvalue weighted by atomic mass is 10.1. The summed E-state index contributed by atoms with van der Waals surface area (Å²) >= 11 is 0. The number of nitrogens with zero attached hydrogens (tertiary/aromatic N) is 3. The lowest BCUT2D eigenvalue weighted by molar-refractivity contribution is -0.384. The molecule has 8 nitrogen and oxygen atoms in total. The van der Waals surface area contributed by atoms with E-state index in [1.807, 2.05) is 30.3 Å². The summed E-state index contributed by atoms with van der Waals surface area (Å²) in [4.78, 5) is 51.6. The van der Waals surface area contributed by atoms with Crippen LogP contribution in [0.25, 0.3) is 0 Å². The molecule has 0 radical (unpaired) electrons. The number of non-ortho nitro benzene ring substituents is 1. The molecule has 0 aliphatic carbocycles. The van der Waals surface area contributed by atoms with Crippen molar-refractivity contribution in [1.29, 1.82) is 0 Å². The van der Waals surface area contributed by atoms with Gasteiger partial charge in [-0.2, -0.15) is 0 Å². The van der Waals surface area contributed by atoms with Crippen LogP contribution < -0.4 is 4.90 Å². The van der Waals surface area contributed by atoms with Crippen molar-refractivity contribution in [1.82, 2.24) is 4.90 Å². The van der Waals surface area contributed by atoms with Gasteiger partial charge in [0.05, 0.1) is 28.3 Å². The molecule has 1 aliphatic rings. The number of nitro benzene ring substituents is 1. The van der Waals surface area contributed by atoms with Crippen LogP contribution in [0, 0.1) is 10.1 Å². The third kappa shape index (κ3) is 4.64. The fourth-order valence-corrected chi connectivity index (χ4v) is 3.83. The molecular weight excluding hydrogens is 422 g/mol. The average Bonchev–Trinajstić information content (AvgIpc) is 3.08. The van der Waals surface area contributed by atoms with Crippen LogP contribution in [0.5, 0.6) is 0 Å². The first-order valence-electron chi connectivity index (χ1n) is 10.5. The summed E-state index contributed by atoms with van der Waals surface area (Å²) in [7, 11) is 0. The zero-order valence-corrected chi connectivity index (χ0v) is 17.7. The van der Waals surface area contributed by atoms with Gasteiger partial charge in [-0.25, -0.2) is 0 Å². The van der Waals surface area contributed by atoms with Crippen molar-refractivity contribution in [2.75, 3.05) is 11.4 Å². The molecule has 0 saturated carbocycles. The molecule has 0 fully saturated rings. The fourth-order valence-electron chi connectivity index (χ4n) is 3.83. The number of hydrogen-bond donors (Lipinski definition) is 0. The number of carbonyl (C=O) groups is 3. The Hall–Kier alpha value is -4.33. The first-order valence-corrected chi connectivity index (χ1v) is 10.5. The van der Waals surface area contributed by atoms with Gasteiger partial charge < -0.3 is 4.90 Å². The highest BCUT2D eigenvalue weighted by atomic mass is 16.6. The van der Waals surface area contributed by atoms with Gasteiger partial charge in [-0.1, -0.05) is 48.5 Å². The van der Waals surface area contributed by atoms with Gasteiger partial charge in [-0.15, -0.1) is 0 Å². The predicted molar refractivity (Wildman–Crippen MR) is 122 cm³/mol. The number of amides is 3. The Kier molecular flexibility index (Phi) is 6.26. The monoisotopic (exact) mass is 443 g/mol. The van der Waals surface area contributed by atoms with E-state index >= 15 is 0 Å². The normalized spacial score (nSPS) is 12.5. The molecule has 0 saturated heterocycles. The molecule has 0 N–H and O–H groups in total. The van der Waals surface area contributed by atoms with Gasteiger partial charge in [-0.3, -0.25) is 29.4 Å². The molecule has 0 bridgehead atoms. The maximum absolute atomic E-state index is 13.2. The molecule has 0 atom stereocenters. The van der Waals surface area contributed by atoms with E-state index in [9.17, 15) is 24.5 Å². The van der Waals surface area contributed by atoms with Crippen molar-refractivity contribution in [3.05, 3.63) is 106 Å². The first-order chi connectivity index (χ1) is 16.0. The molecule has 0 spiro atoms. The molecule has 3 aromatic rings. The van der Waals surface area contributed by atoms with E-state index in [2.05, 4.69) is 0 Å². The zero-order chi connectivity index (χ0) is 23.4. The van der Waals surface area contributed by atoms with Crippen molar-refractivity contribution >= 4 is 29.1 Å². The van der Waals surface area contributed by atoms with E-state index in [1.54, 1.807) is 30.3 Å². The Bertz CT molecular complexity index is 1190. The summed E-state index contributed by atoms with van der Waals surface area (Å²) in [6.07, 6.45) is 0.355. The molecule has 3 aromatic carbocycles. The third-order valence-corrected chi connectivity index (χ3v) is 5.49. The van der Waals surface area contributed by atoms with E-state index in [0.717, 1.165) is 10.5 Å². The minimum absolute atomic E-state index is 0.0724. The summed E-state index contributed by atoms with van der Waals surface area (Å²) in [6, 6.07) is 21.9. The quantitative estimate of drug-likeness (QED) is 0.295. The van der Waals surface area contributed by atoms with E-state index in [0.29, 0.717) is 16.8 Å². The molecule has 0 aromatic heterocycles. The average molecular weight is 443 g/mol. The number of benzene rings is 3.